The minimum atomic E-state index is -0.503. The topological polar surface area (TPSA) is 64.0 Å². The fourth-order valence-electron chi connectivity index (χ4n) is 4.60. The fourth-order valence-corrected chi connectivity index (χ4v) is 5.78. The zero-order valence-corrected chi connectivity index (χ0v) is 24.9. The standard InChI is InChI=1S/C34H32ClN3O3S/c1-40-30-13-5-25(6-14-30)23-32-33(24-39)38(29-17-19-36-20-18-29)34(37-32)42-22-4-2-3-21-41-31-15-9-27(10-16-31)26-7-11-28(35)12-8-26/h5-20,23-24,33H,2-4,21-22H2,1H3/b32-23-. The summed E-state index contributed by atoms with van der Waals surface area (Å²) in [7, 11) is 1.64. The van der Waals surface area contributed by atoms with Gasteiger partial charge in [-0.25, -0.2) is 4.99 Å². The minimum absolute atomic E-state index is 0.503. The molecule has 6 nitrogen and oxygen atoms in total. The maximum absolute atomic E-state index is 12.3. The molecule has 0 saturated heterocycles. The zero-order chi connectivity index (χ0) is 29.1. The van der Waals surface area contributed by atoms with Crippen molar-refractivity contribution in [3.63, 3.8) is 0 Å². The summed E-state index contributed by atoms with van der Waals surface area (Å²) in [6, 6.07) is 27.0. The maximum atomic E-state index is 12.3. The number of thioether (sulfide) groups is 1. The van der Waals surface area contributed by atoms with Gasteiger partial charge in [0.25, 0.3) is 0 Å². The van der Waals surface area contributed by atoms with Crippen LogP contribution in [0.1, 0.15) is 24.8 Å². The van der Waals surface area contributed by atoms with Crippen molar-refractivity contribution in [2.24, 2.45) is 4.99 Å². The Kier molecular flexibility index (Phi) is 10.3. The number of methoxy groups -OCH3 is 1. The Morgan fingerprint density at radius 2 is 1.52 bits per heavy atom. The summed E-state index contributed by atoms with van der Waals surface area (Å²) in [4.78, 5) is 23.3. The van der Waals surface area contributed by atoms with Gasteiger partial charge in [0.1, 0.15) is 23.8 Å². The van der Waals surface area contributed by atoms with E-state index in [2.05, 4.69) is 17.1 Å². The Morgan fingerprint density at radius 3 is 2.19 bits per heavy atom. The maximum Gasteiger partial charge on any atom is 0.169 e. The van der Waals surface area contributed by atoms with Crippen LogP contribution in [0.4, 0.5) is 5.69 Å². The van der Waals surface area contributed by atoms with E-state index in [1.54, 1.807) is 31.3 Å². The van der Waals surface area contributed by atoms with E-state index >= 15 is 0 Å². The molecular weight excluding hydrogens is 566 g/mol. The molecule has 1 atom stereocenters. The number of benzene rings is 3. The van der Waals surface area contributed by atoms with Crippen molar-refractivity contribution in [1.29, 1.82) is 0 Å². The number of halogens is 1. The first-order valence-electron chi connectivity index (χ1n) is 13.8. The number of aliphatic imine (C=N–C) groups is 1. The first-order valence-corrected chi connectivity index (χ1v) is 15.2. The number of carbonyl (C=O) groups is 1. The quantitative estimate of drug-likeness (QED) is 0.121. The molecule has 1 unspecified atom stereocenters. The molecule has 1 aliphatic rings. The molecular formula is C34H32ClN3O3S. The highest BCUT2D eigenvalue weighted by atomic mass is 35.5. The van der Waals surface area contributed by atoms with Gasteiger partial charge in [-0.05, 0) is 90.6 Å². The smallest absolute Gasteiger partial charge is 0.169 e. The molecule has 0 bridgehead atoms. The van der Waals surface area contributed by atoms with E-state index in [4.69, 9.17) is 26.1 Å². The highest BCUT2D eigenvalue weighted by Gasteiger charge is 2.33. The van der Waals surface area contributed by atoms with Crippen molar-refractivity contribution in [3.8, 4) is 22.6 Å². The van der Waals surface area contributed by atoms with Gasteiger partial charge in [-0.3, -0.25) is 4.98 Å². The van der Waals surface area contributed by atoms with Crippen LogP contribution in [0.5, 0.6) is 11.5 Å². The molecule has 0 aliphatic carbocycles. The number of nitrogens with zero attached hydrogens (tertiary/aromatic N) is 3. The molecule has 1 aromatic heterocycles. The Hall–Kier alpha value is -4.07. The molecule has 5 rings (SSSR count). The molecule has 0 spiro atoms. The molecule has 0 amide bonds. The van der Waals surface area contributed by atoms with Crippen molar-refractivity contribution in [2.45, 2.75) is 25.3 Å². The molecule has 0 N–H and O–H groups in total. The molecule has 2 heterocycles. The number of ether oxygens (including phenoxy) is 2. The van der Waals surface area contributed by atoms with Crippen LogP contribution >= 0.6 is 23.4 Å². The second-order valence-corrected chi connectivity index (χ2v) is 11.2. The van der Waals surface area contributed by atoms with Crippen LogP contribution in [0.3, 0.4) is 0 Å². The molecule has 3 aromatic carbocycles. The molecule has 1 aliphatic heterocycles. The number of anilines is 1. The fraction of sp³-hybridized carbons (Fsp3) is 0.206. The lowest BCUT2D eigenvalue weighted by molar-refractivity contribution is -0.108. The van der Waals surface area contributed by atoms with Gasteiger partial charge in [0.05, 0.1) is 19.4 Å². The van der Waals surface area contributed by atoms with E-state index in [1.165, 1.54) is 0 Å². The normalized spacial score (nSPS) is 15.5. The first kappa shape index (κ1) is 29.4. The predicted molar refractivity (Wildman–Crippen MR) is 174 cm³/mol. The van der Waals surface area contributed by atoms with Crippen molar-refractivity contribution >= 4 is 46.6 Å². The van der Waals surface area contributed by atoms with Crippen LogP contribution < -0.4 is 14.4 Å². The van der Waals surface area contributed by atoms with E-state index in [1.807, 2.05) is 83.8 Å². The van der Waals surface area contributed by atoms with E-state index in [0.29, 0.717) is 12.3 Å². The van der Waals surface area contributed by atoms with Gasteiger partial charge < -0.3 is 19.2 Å². The molecule has 4 aromatic rings. The van der Waals surface area contributed by atoms with E-state index in [9.17, 15) is 4.79 Å². The number of carbonyl (C=O) groups excluding carboxylic acids is 1. The van der Waals surface area contributed by atoms with Crippen molar-refractivity contribution in [1.82, 2.24) is 4.98 Å². The van der Waals surface area contributed by atoms with Crippen LogP contribution in [0.25, 0.3) is 17.2 Å². The largest absolute Gasteiger partial charge is 0.497 e. The summed E-state index contributed by atoms with van der Waals surface area (Å²) in [6.45, 7) is 0.664. The third-order valence-electron chi connectivity index (χ3n) is 6.83. The number of amidine groups is 1. The summed E-state index contributed by atoms with van der Waals surface area (Å²) in [5, 5.41) is 1.55. The Morgan fingerprint density at radius 1 is 0.857 bits per heavy atom. The van der Waals surface area contributed by atoms with Gasteiger partial charge in [0, 0.05) is 28.9 Å². The Balaban J connectivity index is 1.14. The molecule has 214 valence electrons. The molecule has 0 radical (unpaired) electrons. The SMILES string of the molecule is COc1ccc(/C=C2\N=C(SCCCCCOc3ccc(-c4ccc(Cl)cc4)cc3)N(c3ccncc3)C2C=O)cc1. The Labute approximate surface area is 256 Å². The number of hydrogen-bond donors (Lipinski definition) is 0. The van der Waals surface area contributed by atoms with Gasteiger partial charge >= 0.3 is 0 Å². The number of aldehydes is 1. The monoisotopic (exact) mass is 597 g/mol. The third kappa shape index (κ3) is 7.60. The van der Waals surface area contributed by atoms with Crippen molar-refractivity contribution in [2.75, 3.05) is 24.4 Å². The molecule has 42 heavy (non-hydrogen) atoms. The van der Waals surface area contributed by atoms with Gasteiger partial charge in [-0.15, -0.1) is 0 Å². The average molecular weight is 598 g/mol. The van der Waals surface area contributed by atoms with Crippen molar-refractivity contribution in [3.05, 3.63) is 114 Å². The zero-order valence-electron chi connectivity index (χ0n) is 23.4. The minimum Gasteiger partial charge on any atom is -0.497 e. The second-order valence-electron chi connectivity index (χ2n) is 9.68. The summed E-state index contributed by atoms with van der Waals surface area (Å²) in [5.74, 6) is 2.54. The number of hydrogen-bond acceptors (Lipinski definition) is 7. The van der Waals surface area contributed by atoms with Crippen LogP contribution in [0.15, 0.2) is 108 Å². The number of rotatable bonds is 12. The summed E-state index contributed by atoms with van der Waals surface area (Å²) >= 11 is 7.66. The first-order chi connectivity index (χ1) is 20.6. The van der Waals surface area contributed by atoms with E-state index < -0.39 is 6.04 Å². The van der Waals surface area contributed by atoms with Crippen LogP contribution in [0.2, 0.25) is 5.02 Å². The van der Waals surface area contributed by atoms with Crippen LogP contribution in [-0.4, -0.2) is 41.9 Å². The lowest BCUT2D eigenvalue weighted by Crippen LogP contribution is -2.36. The highest BCUT2D eigenvalue weighted by Crippen LogP contribution is 2.33. The number of aromatic nitrogens is 1. The number of pyridine rings is 1. The van der Waals surface area contributed by atoms with Crippen LogP contribution in [0, 0.1) is 0 Å². The van der Waals surface area contributed by atoms with Crippen molar-refractivity contribution < 1.29 is 14.3 Å². The predicted octanol–water partition coefficient (Wildman–Crippen LogP) is 8.18. The summed E-state index contributed by atoms with van der Waals surface area (Å²) in [6.07, 6.45) is 9.37. The van der Waals surface area contributed by atoms with Gasteiger partial charge in [0.2, 0.25) is 0 Å². The summed E-state index contributed by atoms with van der Waals surface area (Å²) < 4.78 is 11.2. The number of unbranched alkanes of at least 4 members (excludes halogenated alkanes) is 2. The van der Waals surface area contributed by atoms with Crippen LogP contribution in [-0.2, 0) is 4.79 Å². The lowest BCUT2D eigenvalue weighted by atomic mass is 10.1. The highest BCUT2D eigenvalue weighted by molar-refractivity contribution is 8.14. The van der Waals surface area contributed by atoms with E-state index in [0.717, 1.165) is 75.4 Å². The second kappa shape index (κ2) is 14.7. The van der Waals surface area contributed by atoms with Gasteiger partial charge in [-0.2, -0.15) is 0 Å². The average Bonchev–Trinajstić information content (AvgIpc) is 3.38. The lowest BCUT2D eigenvalue weighted by Gasteiger charge is -2.24. The molecule has 8 heteroatoms. The third-order valence-corrected chi connectivity index (χ3v) is 8.12. The molecule has 0 fully saturated rings. The van der Waals surface area contributed by atoms with Gasteiger partial charge in [-0.1, -0.05) is 59.8 Å². The molecule has 0 saturated carbocycles. The van der Waals surface area contributed by atoms with E-state index in [-0.39, 0.29) is 0 Å². The Bertz CT molecular complexity index is 1510. The van der Waals surface area contributed by atoms with Gasteiger partial charge in [0.15, 0.2) is 5.17 Å². The summed E-state index contributed by atoms with van der Waals surface area (Å²) in [5.41, 5.74) is 4.82.